The molecule has 0 aliphatic carbocycles. The third-order valence-electron chi connectivity index (χ3n) is 5.65. The van der Waals surface area contributed by atoms with E-state index in [-0.39, 0.29) is 24.9 Å². The van der Waals surface area contributed by atoms with Crippen LogP contribution >= 0.6 is 0 Å². The number of carbonyl (C=O) groups is 2. The van der Waals surface area contributed by atoms with E-state index in [1.165, 1.54) is 5.56 Å². The normalized spacial score (nSPS) is 15.8. The number of carbonyl (C=O) groups excluding carboxylic acids is 2. The number of piperazine rings is 1. The second kappa shape index (κ2) is 10.4. The lowest BCUT2D eigenvalue weighted by molar-refractivity contribution is -0.134. The highest BCUT2D eigenvalue weighted by atomic mass is 16.2. The molecule has 1 saturated heterocycles. The van der Waals surface area contributed by atoms with E-state index < -0.39 is 0 Å². The number of nitrogens with zero attached hydrogens (tertiary/aromatic N) is 3. The number of benzene rings is 2. The number of nitrogens with one attached hydrogen (secondary N) is 1. The Labute approximate surface area is 179 Å². The molecule has 0 radical (unpaired) electrons. The predicted octanol–water partition coefficient (Wildman–Crippen LogP) is 2.77. The lowest BCUT2D eigenvalue weighted by atomic mass is 10.1. The molecular weight excluding hydrogens is 376 g/mol. The first-order chi connectivity index (χ1) is 14.4. The van der Waals surface area contributed by atoms with E-state index in [2.05, 4.69) is 41.4 Å². The van der Waals surface area contributed by atoms with Crippen molar-refractivity contribution >= 4 is 17.5 Å². The van der Waals surface area contributed by atoms with Crippen molar-refractivity contribution in [1.29, 1.82) is 0 Å². The largest absolute Gasteiger partial charge is 0.339 e. The van der Waals surface area contributed by atoms with Crippen LogP contribution in [0.2, 0.25) is 0 Å². The van der Waals surface area contributed by atoms with E-state index in [9.17, 15) is 9.59 Å². The maximum atomic E-state index is 12.7. The molecule has 1 unspecified atom stereocenters. The smallest absolute Gasteiger partial charge is 0.238 e. The van der Waals surface area contributed by atoms with E-state index >= 15 is 0 Å². The van der Waals surface area contributed by atoms with Gasteiger partial charge in [-0.05, 0) is 38.6 Å². The maximum Gasteiger partial charge on any atom is 0.238 e. The third-order valence-corrected chi connectivity index (χ3v) is 5.65. The van der Waals surface area contributed by atoms with Gasteiger partial charge in [0.2, 0.25) is 11.8 Å². The zero-order chi connectivity index (χ0) is 21.5. The van der Waals surface area contributed by atoms with Gasteiger partial charge in [-0.1, -0.05) is 48.0 Å². The van der Waals surface area contributed by atoms with Crippen molar-refractivity contribution < 1.29 is 9.59 Å². The Morgan fingerprint density at radius 1 is 0.967 bits per heavy atom. The molecular formula is C24H32N4O2. The van der Waals surface area contributed by atoms with Crippen LogP contribution < -0.4 is 5.32 Å². The number of aryl methyl sites for hydroxylation is 1. The standard InChI is InChI=1S/C24H32N4O2/c1-19-9-11-22(12-10-19)25-23(29)17-26(3)18-24(30)28-15-13-27(14-16-28)20(2)21-7-5-4-6-8-21/h4-12,20H,13-18H2,1-3H3,(H,25,29). The molecule has 3 rings (SSSR count). The van der Waals surface area contributed by atoms with Crippen LogP contribution in [0.5, 0.6) is 0 Å². The summed E-state index contributed by atoms with van der Waals surface area (Å²) in [5, 5.41) is 2.87. The summed E-state index contributed by atoms with van der Waals surface area (Å²) in [5.41, 5.74) is 3.22. The summed E-state index contributed by atoms with van der Waals surface area (Å²) >= 11 is 0. The van der Waals surface area contributed by atoms with Gasteiger partial charge in [0.15, 0.2) is 0 Å². The van der Waals surface area contributed by atoms with Crippen LogP contribution in [0.25, 0.3) is 0 Å². The Hall–Kier alpha value is -2.70. The SMILES string of the molecule is Cc1ccc(NC(=O)CN(C)CC(=O)N2CCN(C(C)c3ccccc3)CC2)cc1. The van der Waals surface area contributed by atoms with Gasteiger partial charge in [0.25, 0.3) is 0 Å². The van der Waals surface area contributed by atoms with E-state index in [1.54, 1.807) is 11.9 Å². The van der Waals surface area contributed by atoms with Gasteiger partial charge in [0.05, 0.1) is 13.1 Å². The van der Waals surface area contributed by atoms with Crippen molar-refractivity contribution in [3.8, 4) is 0 Å². The fourth-order valence-electron chi connectivity index (χ4n) is 3.77. The van der Waals surface area contributed by atoms with Crippen LogP contribution in [0.3, 0.4) is 0 Å². The van der Waals surface area contributed by atoms with Crippen molar-refractivity contribution in [1.82, 2.24) is 14.7 Å². The average molecular weight is 409 g/mol. The van der Waals surface area contributed by atoms with Gasteiger partial charge in [0, 0.05) is 37.9 Å². The van der Waals surface area contributed by atoms with Gasteiger partial charge in [-0.15, -0.1) is 0 Å². The summed E-state index contributed by atoms with van der Waals surface area (Å²) in [4.78, 5) is 31.0. The zero-order valence-corrected chi connectivity index (χ0v) is 18.2. The van der Waals surface area contributed by atoms with Gasteiger partial charge < -0.3 is 10.2 Å². The Kier molecular flexibility index (Phi) is 7.60. The molecule has 1 fully saturated rings. The minimum absolute atomic E-state index is 0.0765. The maximum absolute atomic E-state index is 12.7. The molecule has 0 spiro atoms. The summed E-state index contributed by atoms with van der Waals surface area (Å²) in [6.45, 7) is 7.82. The van der Waals surface area contributed by atoms with Crippen LogP contribution in [0.15, 0.2) is 54.6 Å². The van der Waals surface area contributed by atoms with E-state index in [0.717, 1.165) is 37.4 Å². The monoisotopic (exact) mass is 408 g/mol. The summed E-state index contributed by atoms with van der Waals surface area (Å²) in [7, 11) is 1.81. The van der Waals surface area contributed by atoms with Gasteiger partial charge in [0.1, 0.15) is 0 Å². The minimum atomic E-state index is -0.115. The van der Waals surface area contributed by atoms with Gasteiger partial charge in [-0.3, -0.25) is 19.4 Å². The van der Waals surface area contributed by atoms with E-state index in [0.29, 0.717) is 6.04 Å². The molecule has 0 aromatic heterocycles. The second-order valence-electron chi connectivity index (χ2n) is 8.09. The van der Waals surface area contributed by atoms with E-state index in [1.807, 2.05) is 42.2 Å². The van der Waals surface area contributed by atoms with Crippen molar-refractivity contribution in [2.24, 2.45) is 0 Å². The molecule has 1 atom stereocenters. The lowest BCUT2D eigenvalue weighted by Crippen LogP contribution is -2.51. The van der Waals surface area contributed by atoms with Crippen LogP contribution in [0, 0.1) is 6.92 Å². The summed E-state index contributed by atoms with van der Waals surface area (Å²) in [5.74, 6) is -0.0386. The molecule has 1 aliphatic rings. The topological polar surface area (TPSA) is 55.9 Å². The average Bonchev–Trinajstić information content (AvgIpc) is 2.75. The number of amides is 2. The van der Waals surface area contributed by atoms with Crippen molar-refractivity contribution in [2.75, 3.05) is 51.6 Å². The fraction of sp³-hybridized carbons (Fsp3) is 0.417. The van der Waals surface area contributed by atoms with Gasteiger partial charge in [-0.25, -0.2) is 0 Å². The van der Waals surface area contributed by atoms with E-state index in [4.69, 9.17) is 0 Å². The zero-order valence-electron chi connectivity index (χ0n) is 18.2. The Morgan fingerprint density at radius 3 is 2.23 bits per heavy atom. The van der Waals surface area contributed by atoms with Crippen molar-refractivity contribution in [3.63, 3.8) is 0 Å². The van der Waals surface area contributed by atoms with Gasteiger partial charge >= 0.3 is 0 Å². The molecule has 2 aromatic carbocycles. The summed E-state index contributed by atoms with van der Waals surface area (Å²) in [6, 6.07) is 18.5. The molecule has 160 valence electrons. The van der Waals surface area contributed by atoms with Crippen molar-refractivity contribution in [3.05, 3.63) is 65.7 Å². The molecule has 0 bridgehead atoms. The molecule has 6 nitrogen and oxygen atoms in total. The molecule has 1 aliphatic heterocycles. The highest BCUT2D eigenvalue weighted by Crippen LogP contribution is 2.21. The predicted molar refractivity (Wildman–Crippen MR) is 120 cm³/mol. The van der Waals surface area contributed by atoms with Crippen LogP contribution in [0.1, 0.15) is 24.1 Å². The number of likely N-dealkylation sites (N-methyl/N-ethyl adjacent to an activating group) is 1. The highest BCUT2D eigenvalue weighted by Gasteiger charge is 2.25. The molecule has 0 saturated carbocycles. The second-order valence-corrected chi connectivity index (χ2v) is 8.09. The van der Waals surface area contributed by atoms with Crippen LogP contribution in [-0.2, 0) is 9.59 Å². The number of hydrogen-bond donors (Lipinski definition) is 1. The molecule has 30 heavy (non-hydrogen) atoms. The Balaban J connectivity index is 1.41. The van der Waals surface area contributed by atoms with Crippen LogP contribution in [-0.4, -0.2) is 72.8 Å². The molecule has 2 aromatic rings. The molecule has 6 heteroatoms. The van der Waals surface area contributed by atoms with Crippen LogP contribution in [0.4, 0.5) is 5.69 Å². The minimum Gasteiger partial charge on any atom is -0.339 e. The summed E-state index contributed by atoms with van der Waals surface area (Å²) in [6.07, 6.45) is 0. The third kappa shape index (κ3) is 6.15. The fourth-order valence-corrected chi connectivity index (χ4v) is 3.77. The number of rotatable bonds is 7. The first kappa shape index (κ1) is 22.0. The number of anilines is 1. The lowest BCUT2D eigenvalue weighted by Gasteiger charge is -2.38. The van der Waals surface area contributed by atoms with Gasteiger partial charge in [-0.2, -0.15) is 0 Å². The Morgan fingerprint density at radius 2 is 1.60 bits per heavy atom. The Bertz CT molecular complexity index is 830. The van der Waals surface area contributed by atoms with Crippen molar-refractivity contribution in [2.45, 2.75) is 19.9 Å². The first-order valence-corrected chi connectivity index (χ1v) is 10.5. The first-order valence-electron chi connectivity index (χ1n) is 10.5. The number of hydrogen-bond acceptors (Lipinski definition) is 4. The highest BCUT2D eigenvalue weighted by molar-refractivity contribution is 5.92. The molecule has 1 N–H and O–H groups in total. The molecule has 2 amide bonds. The summed E-state index contributed by atoms with van der Waals surface area (Å²) < 4.78 is 0. The quantitative estimate of drug-likeness (QED) is 0.766. The molecule has 1 heterocycles.